The molecular weight excluding hydrogens is 390 g/mol. The molecule has 29 heavy (non-hydrogen) atoms. The van der Waals surface area contributed by atoms with Crippen LogP contribution in [0.1, 0.15) is 69.9 Å². The second kappa shape index (κ2) is 14.9. The van der Waals surface area contributed by atoms with Gasteiger partial charge in [-0.15, -0.1) is 18.3 Å². The van der Waals surface area contributed by atoms with Gasteiger partial charge in [-0.2, -0.15) is 0 Å². The molecule has 3 N–H and O–H groups in total. The van der Waals surface area contributed by atoms with E-state index in [0.717, 1.165) is 12.0 Å². The molecule has 0 saturated carbocycles. The number of halogens is 1. The number of carboxylic acid groups (broad SMARTS) is 2. The van der Waals surface area contributed by atoms with E-state index < -0.39 is 17.4 Å². The van der Waals surface area contributed by atoms with Gasteiger partial charge in [-0.05, 0) is 30.9 Å². The minimum absolute atomic E-state index is 0. The standard InChI is InChI=1S/C23H33NO4.ClH/c1-3-4-5-6-7-8-11-19-12-14-20(15-13-19)18-24-17-10-9-16-23(2,21(25)26)22(27)28;/h12-15,24H,3-8,11,16-18H2,1-2H3,(H,25,26)(H,27,28);1H. The first-order valence-electron chi connectivity index (χ1n) is 10.1. The maximum Gasteiger partial charge on any atom is 0.321 e. The summed E-state index contributed by atoms with van der Waals surface area (Å²) in [6.45, 7) is 4.46. The number of carbonyl (C=O) groups is 2. The van der Waals surface area contributed by atoms with Crippen LogP contribution in [-0.4, -0.2) is 28.7 Å². The van der Waals surface area contributed by atoms with Crippen molar-refractivity contribution in [2.24, 2.45) is 5.41 Å². The Morgan fingerprint density at radius 2 is 1.48 bits per heavy atom. The van der Waals surface area contributed by atoms with Crippen molar-refractivity contribution in [1.29, 1.82) is 0 Å². The third kappa shape index (κ3) is 10.3. The van der Waals surface area contributed by atoms with E-state index in [4.69, 9.17) is 10.2 Å². The van der Waals surface area contributed by atoms with Crippen LogP contribution in [0.5, 0.6) is 0 Å². The Balaban J connectivity index is 0.00000784. The zero-order valence-electron chi connectivity index (χ0n) is 17.5. The highest BCUT2D eigenvalue weighted by Crippen LogP contribution is 2.21. The lowest BCUT2D eigenvalue weighted by molar-refractivity contribution is -0.162. The van der Waals surface area contributed by atoms with Crippen molar-refractivity contribution < 1.29 is 19.8 Å². The minimum Gasteiger partial charge on any atom is -0.480 e. The first-order chi connectivity index (χ1) is 13.4. The molecule has 0 radical (unpaired) electrons. The molecule has 0 atom stereocenters. The van der Waals surface area contributed by atoms with E-state index in [1.807, 2.05) is 0 Å². The molecule has 0 heterocycles. The third-order valence-corrected chi connectivity index (χ3v) is 4.90. The average molecular weight is 424 g/mol. The van der Waals surface area contributed by atoms with E-state index in [1.165, 1.54) is 51.0 Å². The number of hydrogen-bond donors (Lipinski definition) is 3. The molecule has 162 valence electrons. The van der Waals surface area contributed by atoms with Gasteiger partial charge in [0.15, 0.2) is 5.41 Å². The Kier molecular flexibility index (Phi) is 13.9. The van der Waals surface area contributed by atoms with Crippen LogP contribution in [0.25, 0.3) is 0 Å². The van der Waals surface area contributed by atoms with Crippen LogP contribution in [0.15, 0.2) is 24.3 Å². The summed E-state index contributed by atoms with van der Waals surface area (Å²) in [7, 11) is 0. The van der Waals surface area contributed by atoms with Gasteiger partial charge < -0.3 is 15.5 Å². The van der Waals surface area contributed by atoms with Gasteiger partial charge in [-0.25, -0.2) is 0 Å². The normalized spacial score (nSPS) is 10.6. The highest BCUT2D eigenvalue weighted by molar-refractivity contribution is 5.98. The number of rotatable bonds is 13. The first kappa shape index (κ1) is 27.0. The predicted octanol–water partition coefficient (Wildman–Crippen LogP) is 4.67. The molecule has 1 aromatic carbocycles. The number of aryl methyl sites for hydroxylation is 1. The van der Waals surface area contributed by atoms with Crippen molar-refractivity contribution in [3.8, 4) is 11.8 Å². The van der Waals surface area contributed by atoms with Gasteiger partial charge in [0.1, 0.15) is 0 Å². The Morgan fingerprint density at radius 3 is 2.07 bits per heavy atom. The second-order valence-corrected chi connectivity index (χ2v) is 7.41. The summed E-state index contributed by atoms with van der Waals surface area (Å²) in [6.07, 6.45) is 8.73. The lowest BCUT2D eigenvalue weighted by Gasteiger charge is -2.15. The Labute approximate surface area is 180 Å². The molecule has 0 spiro atoms. The number of nitrogens with one attached hydrogen (secondary N) is 1. The van der Waals surface area contributed by atoms with Crippen LogP contribution in [0.2, 0.25) is 0 Å². The largest absolute Gasteiger partial charge is 0.480 e. The van der Waals surface area contributed by atoms with E-state index >= 15 is 0 Å². The topological polar surface area (TPSA) is 86.6 Å². The van der Waals surface area contributed by atoms with Gasteiger partial charge in [0.25, 0.3) is 0 Å². The van der Waals surface area contributed by atoms with Crippen LogP contribution in [0.4, 0.5) is 0 Å². The van der Waals surface area contributed by atoms with Crippen molar-refractivity contribution in [2.75, 3.05) is 6.54 Å². The van der Waals surface area contributed by atoms with Crippen molar-refractivity contribution in [3.05, 3.63) is 35.4 Å². The molecule has 0 aliphatic carbocycles. The fourth-order valence-electron chi connectivity index (χ4n) is 2.75. The predicted molar refractivity (Wildman–Crippen MR) is 118 cm³/mol. The lowest BCUT2D eigenvalue weighted by atomic mass is 9.87. The van der Waals surface area contributed by atoms with Crippen LogP contribution in [0, 0.1) is 17.3 Å². The van der Waals surface area contributed by atoms with Crippen LogP contribution < -0.4 is 5.32 Å². The number of carboxylic acids is 2. The molecule has 1 rings (SSSR count). The number of unbranched alkanes of at least 4 members (excludes halogenated alkanes) is 5. The fraction of sp³-hybridized carbons (Fsp3) is 0.565. The summed E-state index contributed by atoms with van der Waals surface area (Å²) in [6, 6.07) is 8.55. The van der Waals surface area contributed by atoms with Gasteiger partial charge in [-0.1, -0.05) is 69.2 Å². The molecule has 0 unspecified atom stereocenters. The van der Waals surface area contributed by atoms with E-state index in [-0.39, 0.29) is 18.8 Å². The SMILES string of the molecule is CCCCCCCCc1ccc(CNCC#CCC(C)(C(=O)O)C(=O)O)cc1.Cl. The zero-order chi connectivity index (χ0) is 20.8. The summed E-state index contributed by atoms with van der Waals surface area (Å²) < 4.78 is 0. The summed E-state index contributed by atoms with van der Waals surface area (Å²) in [5.41, 5.74) is 0.661. The molecule has 0 aliphatic heterocycles. The number of benzene rings is 1. The summed E-state index contributed by atoms with van der Waals surface area (Å²) in [4.78, 5) is 22.1. The van der Waals surface area contributed by atoms with Crippen molar-refractivity contribution in [2.45, 2.75) is 71.8 Å². The maximum absolute atomic E-state index is 11.1. The van der Waals surface area contributed by atoms with Crippen molar-refractivity contribution in [3.63, 3.8) is 0 Å². The second-order valence-electron chi connectivity index (χ2n) is 7.41. The Morgan fingerprint density at radius 1 is 0.931 bits per heavy atom. The van der Waals surface area contributed by atoms with Crippen LogP contribution >= 0.6 is 12.4 Å². The molecule has 1 aromatic rings. The van der Waals surface area contributed by atoms with E-state index in [1.54, 1.807) is 0 Å². The molecule has 6 heteroatoms. The van der Waals surface area contributed by atoms with Gasteiger partial charge >= 0.3 is 11.9 Å². The van der Waals surface area contributed by atoms with Gasteiger partial charge in [0.05, 0.1) is 6.54 Å². The van der Waals surface area contributed by atoms with Gasteiger partial charge in [0, 0.05) is 13.0 Å². The quantitative estimate of drug-likeness (QED) is 0.244. The maximum atomic E-state index is 11.1. The third-order valence-electron chi connectivity index (χ3n) is 4.90. The lowest BCUT2D eigenvalue weighted by Crippen LogP contribution is -2.35. The molecular formula is C23H34ClNO4. The smallest absolute Gasteiger partial charge is 0.321 e. The molecule has 0 fully saturated rings. The summed E-state index contributed by atoms with van der Waals surface area (Å²) in [5, 5.41) is 21.2. The molecule has 0 aromatic heterocycles. The van der Waals surface area contributed by atoms with E-state index in [0.29, 0.717) is 13.1 Å². The van der Waals surface area contributed by atoms with Crippen LogP contribution in [-0.2, 0) is 22.6 Å². The van der Waals surface area contributed by atoms with E-state index in [9.17, 15) is 9.59 Å². The molecule has 0 saturated heterocycles. The monoisotopic (exact) mass is 423 g/mol. The highest BCUT2D eigenvalue weighted by atomic mass is 35.5. The van der Waals surface area contributed by atoms with Crippen molar-refractivity contribution >= 4 is 24.3 Å². The number of hydrogen-bond acceptors (Lipinski definition) is 3. The van der Waals surface area contributed by atoms with Gasteiger partial charge in [0.2, 0.25) is 0 Å². The summed E-state index contributed by atoms with van der Waals surface area (Å²) in [5.74, 6) is 2.70. The number of aliphatic carboxylic acids is 2. The van der Waals surface area contributed by atoms with Gasteiger partial charge in [-0.3, -0.25) is 9.59 Å². The first-order valence-corrected chi connectivity index (χ1v) is 10.1. The highest BCUT2D eigenvalue weighted by Gasteiger charge is 2.40. The summed E-state index contributed by atoms with van der Waals surface area (Å²) >= 11 is 0. The molecule has 0 aliphatic rings. The fourth-order valence-corrected chi connectivity index (χ4v) is 2.75. The average Bonchev–Trinajstić information content (AvgIpc) is 2.67. The van der Waals surface area contributed by atoms with Crippen molar-refractivity contribution in [1.82, 2.24) is 5.32 Å². The Bertz CT molecular complexity index is 662. The Hall–Kier alpha value is -2.03. The minimum atomic E-state index is -1.86. The van der Waals surface area contributed by atoms with E-state index in [2.05, 4.69) is 48.3 Å². The molecule has 5 nitrogen and oxygen atoms in total. The van der Waals surface area contributed by atoms with Crippen LogP contribution in [0.3, 0.4) is 0 Å². The zero-order valence-corrected chi connectivity index (χ0v) is 18.3. The molecule has 0 amide bonds. The molecule has 0 bridgehead atoms.